The van der Waals surface area contributed by atoms with Crippen molar-refractivity contribution in [2.75, 3.05) is 13.1 Å². The van der Waals surface area contributed by atoms with Gasteiger partial charge in [-0.2, -0.15) is 0 Å². The van der Waals surface area contributed by atoms with Gasteiger partial charge in [-0.05, 0) is 37.1 Å². The number of rotatable bonds is 3. The highest BCUT2D eigenvalue weighted by Gasteiger charge is 2.18. The number of hydrogen-bond acceptors (Lipinski definition) is 4. The smallest absolute Gasteiger partial charge is 0.123 e. The van der Waals surface area contributed by atoms with Gasteiger partial charge in [-0.3, -0.25) is 4.90 Å². The molecule has 0 saturated carbocycles. The largest absolute Gasteiger partial charge is 0.393 e. The highest BCUT2D eigenvalue weighted by atomic mass is 19.1. The lowest BCUT2D eigenvalue weighted by Gasteiger charge is -2.28. The van der Waals surface area contributed by atoms with Crippen LogP contribution in [0.2, 0.25) is 0 Å². The molecule has 0 aliphatic carbocycles. The van der Waals surface area contributed by atoms with Gasteiger partial charge >= 0.3 is 0 Å². The predicted molar refractivity (Wildman–Crippen MR) is 71.8 cm³/mol. The van der Waals surface area contributed by atoms with E-state index in [-0.39, 0.29) is 11.9 Å². The number of nitrogens with zero attached hydrogens (tertiary/aromatic N) is 4. The van der Waals surface area contributed by atoms with Crippen molar-refractivity contribution in [1.82, 2.24) is 19.9 Å². The molecule has 0 spiro atoms. The predicted octanol–water partition coefficient (Wildman–Crippen LogP) is 1.36. The first-order chi connectivity index (χ1) is 9.70. The highest BCUT2D eigenvalue weighted by molar-refractivity contribution is 5.30. The van der Waals surface area contributed by atoms with Crippen LogP contribution in [0, 0.1) is 5.82 Å². The first-order valence-corrected chi connectivity index (χ1v) is 6.78. The van der Waals surface area contributed by atoms with Crippen LogP contribution in [0.4, 0.5) is 4.39 Å². The lowest BCUT2D eigenvalue weighted by atomic mass is 10.1. The summed E-state index contributed by atoms with van der Waals surface area (Å²) in [6, 6.07) is 6.15. The molecule has 20 heavy (non-hydrogen) atoms. The molecular weight excluding hydrogens is 259 g/mol. The van der Waals surface area contributed by atoms with E-state index in [1.165, 1.54) is 12.1 Å². The van der Waals surface area contributed by atoms with Gasteiger partial charge in [-0.15, -0.1) is 5.10 Å². The average Bonchev–Trinajstić information content (AvgIpc) is 2.91. The minimum absolute atomic E-state index is 0.166. The number of piperidine rings is 1. The Morgan fingerprint density at radius 3 is 2.60 bits per heavy atom. The zero-order valence-corrected chi connectivity index (χ0v) is 11.1. The molecule has 1 N–H and O–H groups in total. The molecule has 1 fully saturated rings. The number of halogens is 1. The van der Waals surface area contributed by atoms with Gasteiger partial charge in [0.05, 0.1) is 23.7 Å². The molecule has 2 heterocycles. The van der Waals surface area contributed by atoms with Crippen LogP contribution in [0.25, 0.3) is 5.69 Å². The maximum Gasteiger partial charge on any atom is 0.123 e. The SMILES string of the molecule is OC1CCN(Cc2cn(-c3ccc(F)cc3)nn2)CC1. The summed E-state index contributed by atoms with van der Waals surface area (Å²) < 4.78 is 14.5. The Labute approximate surface area is 116 Å². The summed E-state index contributed by atoms with van der Waals surface area (Å²) in [5.41, 5.74) is 1.67. The van der Waals surface area contributed by atoms with E-state index in [9.17, 15) is 9.50 Å². The van der Waals surface area contributed by atoms with Crippen molar-refractivity contribution in [3.05, 3.63) is 42.0 Å². The van der Waals surface area contributed by atoms with Crippen LogP contribution < -0.4 is 0 Å². The third-order valence-corrected chi connectivity index (χ3v) is 3.57. The Bertz CT molecular complexity index is 561. The van der Waals surface area contributed by atoms with Crippen LogP contribution in [0.15, 0.2) is 30.5 Å². The lowest BCUT2D eigenvalue weighted by Crippen LogP contribution is -2.35. The van der Waals surface area contributed by atoms with E-state index in [0.29, 0.717) is 0 Å². The first kappa shape index (κ1) is 13.2. The first-order valence-electron chi connectivity index (χ1n) is 6.78. The third kappa shape index (κ3) is 3.02. The molecule has 0 amide bonds. The number of likely N-dealkylation sites (tertiary alicyclic amines) is 1. The standard InChI is InChI=1S/C14H17FN4O/c15-11-1-3-13(4-2-11)19-10-12(16-17-19)9-18-7-5-14(20)6-8-18/h1-4,10,14,20H,5-9H2. The minimum Gasteiger partial charge on any atom is -0.393 e. The van der Waals surface area contributed by atoms with E-state index in [1.54, 1.807) is 16.8 Å². The van der Waals surface area contributed by atoms with Gasteiger partial charge in [-0.25, -0.2) is 9.07 Å². The molecular formula is C14H17FN4O. The van der Waals surface area contributed by atoms with Gasteiger partial charge in [0.1, 0.15) is 5.82 Å². The second-order valence-electron chi connectivity index (χ2n) is 5.14. The minimum atomic E-state index is -0.263. The summed E-state index contributed by atoms with van der Waals surface area (Å²) in [5, 5.41) is 17.7. The number of benzene rings is 1. The van der Waals surface area contributed by atoms with Crippen molar-refractivity contribution >= 4 is 0 Å². The van der Waals surface area contributed by atoms with Gasteiger partial charge in [0.2, 0.25) is 0 Å². The summed E-state index contributed by atoms with van der Waals surface area (Å²) in [6.45, 7) is 2.49. The Kier molecular flexibility index (Phi) is 3.75. The molecule has 106 valence electrons. The molecule has 1 aliphatic heterocycles. The van der Waals surface area contributed by atoms with Gasteiger partial charge in [-0.1, -0.05) is 5.21 Å². The fourth-order valence-electron chi connectivity index (χ4n) is 2.40. The molecule has 0 bridgehead atoms. The molecule has 0 radical (unpaired) electrons. The molecule has 1 aromatic carbocycles. The van der Waals surface area contributed by atoms with E-state index in [4.69, 9.17) is 0 Å². The Balaban J connectivity index is 1.66. The second kappa shape index (κ2) is 5.68. The van der Waals surface area contributed by atoms with E-state index in [2.05, 4.69) is 15.2 Å². The highest BCUT2D eigenvalue weighted by Crippen LogP contribution is 2.13. The van der Waals surface area contributed by atoms with Crippen molar-refractivity contribution in [3.8, 4) is 5.69 Å². The topological polar surface area (TPSA) is 54.2 Å². The molecule has 0 atom stereocenters. The monoisotopic (exact) mass is 276 g/mol. The maximum absolute atomic E-state index is 12.9. The third-order valence-electron chi connectivity index (χ3n) is 3.57. The molecule has 1 aromatic heterocycles. The fraction of sp³-hybridized carbons (Fsp3) is 0.429. The van der Waals surface area contributed by atoms with E-state index >= 15 is 0 Å². The summed E-state index contributed by atoms with van der Waals surface area (Å²) in [5.74, 6) is -0.263. The van der Waals surface area contributed by atoms with Crippen molar-refractivity contribution < 1.29 is 9.50 Å². The molecule has 2 aromatic rings. The summed E-state index contributed by atoms with van der Waals surface area (Å²) in [6.07, 6.45) is 3.32. The van der Waals surface area contributed by atoms with E-state index < -0.39 is 0 Å². The lowest BCUT2D eigenvalue weighted by molar-refractivity contribution is 0.0786. The molecule has 1 aliphatic rings. The molecule has 1 saturated heterocycles. The molecule has 6 heteroatoms. The second-order valence-corrected chi connectivity index (χ2v) is 5.14. The van der Waals surface area contributed by atoms with Gasteiger partial charge in [0, 0.05) is 19.6 Å². The van der Waals surface area contributed by atoms with E-state index in [0.717, 1.165) is 43.9 Å². The van der Waals surface area contributed by atoms with Crippen molar-refractivity contribution in [1.29, 1.82) is 0 Å². The van der Waals surface area contributed by atoms with Gasteiger partial charge in [0.15, 0.2) is 0 Å². The molecule has 3 rings (SSSR count). The van der Waals surface area contributed by atoms with Crippen LogP contribution in [-0.4, -0.2) is 44.2 Å². The van der Waals surface area contributed by atoms with Crippen LogP contribution >= 0.6 is 0 Å². The molecule has 0 unspecified atom stereocenters. The van der Waals surface area contributed by atoms with Crippen LogP contribution in [0.1, 0.15) is 18.5 Å². The Morgan fingerprint density at radius 1 is 1.20 bits per heavy atom. The zero-order chi connectivity index (χ0) is 13.9. The van der Waals surface area contributed by atoms with E-state index in [1.807, 2.05) is 6.20 Å². The fourth-order valence-corrected chi connectivity index (χ4v) is 2.40. The summed E-state index contributed by atoms with van der Waals surface area (Å²) >= 11 is 0. The number of aliphatic hydroxyl groups is 1. The Morgan fingerprint density at radius 2 is 1.90 bits per heavy atom. The van der Waals surface area contributed by atoms with Crippen molar-refractivity contribution in [2.45, 2.75) is 25.5 Å². The molecule has 5 nitrogen and oxygen atoms in total. The normalized spacial score (nSPS) is 17.5. The Hall–Kier alpha value is -1.79. The van der Waals surface area contributed by atoms with Crippen LogP contribution in [0.3, 0.4) is 0 Å². The van der Waals surface area contributed by atoms with Gasteiger partial charge < -0.3 is 5.11 Å². The maximum atomic E-state index is 12.9. The van der Waals surface area contributed by atoms with Gasteiger partial charge in [0.25, 0.3) is 0 Å². The zero-order valence-electron chi connectivity index (χ0n) is 11.1. The average molecular weight is 276 g/mol. The summed E-state index contributed by atoms with van der Waals surface area (Å²) in [7, 11) is 0. The number of hydrogen-bond donors (Lipinski definition) is 1. The van der Waals surface area contributed by atoms with Crippen molar-refractivity contribution in [2.24, 2.45) is 0 Å². The van der Waals surface area contributed by atoms with Crippen LogP contribution in [0.5, 0.6) is 0 Å². The quantitative estimate of drug-likeness (QED) is 0.920. The summed E-state index contributed by atoms with van der Waals surface area (Å²) in [4.78, 5) is 2.26. The van der Waals surface area contributed by atoms with Crippen LogP contribution in [-0.2, 0) is 6.54 Å². The van der Waals surface area contributed by atoms with Crippen molar-refractivity contribution in [3.63, 3.8) is 0 Å². The number of aromatic nitrogens is 3. The number of aliphatic hydroxyl groups excluding tert-OH is 1.